The molecule has 0 bridgehead atoms. The molecule has 0 fully saturated rings. The van der Waals surface area contributed by atoms with E-state index in [4.69, 9.17) is 0 Å². The lowest BCUT2D eigenvalue weighted by Gasteiger charge is -2.19. The van der Waals surface area contributed by atoms with Crippen LogP contribution in [0, 0.1) is 0 Å². The number of nitrogens with one attached hydrogen (secondary N) is 1. The number of ether oxygens (including phenoxy) is 1. The van der Waals surface area contributed by atoms with Gasteiger partial charge in [-0.1, -0.05) is 48.5 Å². The van der Waals surface area contributed by atoms with Crippen molar-refractivity contribution < 1.29 is 14.3 Å². The summed E-state index contributed by atoms with van der Waals surface area (Å²) in [7, 11) is 1.28. The third kappa shape index (κ3) is 4.74. The molecule has 2 rings (SSSR count). The second-order valence-electron chi connectivity index (χ2n) is 4.97. The number of esters is 1. The molecule has 22 heavy (non-hydrogen) atoms. The van der Waals surface area contributed by atoms with Crippen molar-refractivity contribution in [2.75, 3.05) is 12.4 Å². The Balaban J connectivity index is 2.12. The summed E-state index contributed by atoms with van der Waals surface area (Å²) in [6.07, 6.45) is 0.0321. The van der Waals surface area contributed by atoms with Crippen LogP contribution in [0.3, 0.4) is 0 Å². The Kier molecular flexibility index (Phi) is 5.72. The molecule has 0 amide bonds. The Bertz CT molecular complexity index is 611. The summed E-state index contributed by atoms with van der Waals surface area (Å²) in [6, 6.07) is 19.2. The van der Waals surface area contributed by atoms with Gasteiger partial charge < -0.3 is 10.1 Å². The first-order valence-electron chi connectivity index (χ1n) is 7.14. The van der Waals surface area contributed by atoms with E-state index in [1.165, 1.54) is 7.11 Å². The van der Waals surface area contributed by atoms with Crippen molar-refractivity contribution in [2.24, 2.45) is 0 Å². The summed E-state index contributed by atoms with van der Waals surface area (Å²) >= 11 is 0. The number of benzene rings is 2. The highest BCUT2D eigenvalue weighted by molar-refractivity contribution is 5.95. The summed E-state index contributed by atoms with van der Waals surface area (Å²) in [5.74, 6) is -0.652. The van der Waals surface area contributed by atoms with E-state index in [9.17, 15) is 9.59 Å². The molecule has 2 aromatic rings. The number of hydrogen-bond acceptors (Lipinski definition) is 4. The van der Waals surface area contributed by atoms with E-state index in [0.717, 1.165) is 11.3 Å². The highest BCUT2D eigenvalue weighted by atomic mass is 16.5. The highest BCUT2D eigenvalue weighted by Gasteiger charge is 2.18. The van der Waals surface area contributed by atoms with E-state index < -0.39 is 5.97 Å². The molecule has 1 N–H and O–H groups in total. The minimum absolute atomic E-state index is 0.149. The number of hydrogen-bond donors (Lipinski definition) is 1. The quantitative estimate of drug-likeness (QED) is 0.629. The molecule has 0 saturated carbocycles. The van der Waals surface area contributed by atoms with Crippen LogP contribution in [0.25, 0.3) is 0 Å². The van der Waals surface area contributed by atoms with E-state index >= 15 is 0 Å². The maximum Gasteiger partial charge on any atom is 0.313 e. The van der Waals surface area contributed by atoms with Gasteiger partial charge in [-0.15, -0.1) is 0 Å². The predicted octanol–water partition coefficient (Wildman–Crippen LogP) is 3.36. The van der Waals surface area contributed by atoms with Gasteiger partial charge in [0.25, 0.3) is 0 Å². The molecule has 0 aliphatic carbocycles. The normalized spacial score (nSPS) is 11.5. The van der Waals surface area contributed by atoms with Gasteiger partial charge in [0.1, 0.15) is 12.2 Å². The lowest BCUT2D eigenvalue weighted by molar-refractivity contribution is -0.143. The number of carbonyl (C=O) groups is 2. The van der Waals surface area contributed by atoms with E-state index in [0.29, 0.717) is 0 Å². The van der Waals surface area contributed by atoms with Crippen LogP contribution in [0.15, 0.2) is 60.7 Å². The largest absolute Gasteiger partial charge is 0.469 e. The predicted molar refractivity (Wildman–Crippen MR) is 85.5 cm³/mol. The molecule has 1 unspecified atom stereocenters. The van der Waals surface area contributed by atoms with Crippen molar-refractivity contribution in [3.63, 3.8) is 0 Å². The molecule has 0 spiro atoms. The van der Waals surface area contributed by atoms with Crippen molar-refractivity contribution in [2.45, 2.75) is 18.9 Å². The molecule has 0 heterocycles. The first kappa shape index (κ1) is 15.8. The SMILES string of the molecule is COC(=O)CC(=O)CC(Nc1ccccc1)c1ccccc1. The van der Waals surface area contributed by atoms with E-state index in [2.05, 4.69) is 10.1 Å². The average Bonchev–Trinajstić information content (AvgIpc) is 2.56. The van der Waals surface area contributed by atoms with Crippen LogP contribution < -0.4 is 5.32 Å². The Morgan fingerprint density at radius 2 is 1.59 bits per heavy atom. The Morgan fingerprint density at radius 1 is 1.00 bits per heavy atom. The molecule has 1 atom stereocenters. The maximum atomic E-state index is 12.0. The zero-order chi connectivity index (χ0) is 15.8. The van der Waals surface area contributed by atoms with Crippen LogP contribution in [0.5, 0.6) is 0 Å². The van der Waals surface area contributed by atoms with Gasteiger partial charge in [0.2, 0.25) is 0 Å². The van der Waals surface area contributed by atoms with Crippen LogP contribution in [-0.2, 0) is 14.3 Å². The lowest BCUT2D eigenvalue weighted by Crippen LogP contribution is -2.18. The van der Waals surface area contributed by atoms with Crippen LogP contribution in [0.4, 0.5) is 5.69 Å². The van der Waals surface area contributed by atoms with Crippen LogP contribution in [-0.4, -0.2) is 18.9 Å². The molecule has 4 nitrogen and oxygen atoms in total. The molecule has 4 heteroatoms. The number of ketones is 1. The molecular formula is C18H19NO3. The summed E-state index contributed by atoms with van der Waals surface area (Å²) in [5, 5.41) is 3.34. The summed E-state index contributed by atoms with van der Waals surface area (Å²) in [5.41, 5.74) is 1.94. The van der Waals surface area contributed by atoms with Crippen molar-refractivity contribution in [3.05, 3.63) is 66.2 Å². The van der Waals surface area contributed by atoms with E-state index in [1.807, 2.05) is 60.7 Å². The molecule has 0 aliphatic heterocycles. The van der Waals surface area contributed by atoms with Gasteiger partial charge in [-0.3, -0.25) is 9.59 Å². The third-order valence-electron chi connectivity index (χ3n) is 3.32. The number of rotatable bonds is 7. The minimum Gasteiger partial charge on any atom is -0.469 e. The first-order valence-corrected chi connectivity index (χ1v) is 7.14. The van der Waals surface area contributed by atoms with Gasteiger partial charge in [0.15, 0.2) is 0 Å². The van der Waals surface area contributed by atoms with E-state index in [1.54, 1.807) is 0 Å². The van der Waals surface area contributed by atoms with Crippen LogP contribution in [0.2, 0.25) is 0 Å². The third-order valence-corrected chi connectivity index (χ3v) is 3.32. The fourth-order valence-corrected chi connectivity index (χ4v) is 2.21. The summed E-state index contributed by atoms with van der Waals surface area (Å²) in [4.78, 5) is 23.3. The van der Waals surface area contributed by atoms with Gasteiger partial charge in [-0.25, -0.2) is 0 Å². The zero-order valence-electron chi connectivity index (χ0n) is 12.5. The van der Waals surface area contributed by atoms with Crippen molar-refractivity contribution in [3.8, 4) is 0 Å². The van der Waals surface area contributed by atoms with Crippen molar-refractivity contribution in [1.82, 2.24) is 0 Å². The summed E-state index contributed by atoms with van der Waals surface area (Å²) < 4.78 is 4.55. The highest BCUT2D eigenvalue weighted by Crippen LogP contribution is 2.23. The van der Waals surface area contributed by atoms with Crippen molar-refractivity contribution in [1.29, 1.82) is 0 Å². The standard InChI is InChI=1S/C18H19NO3/c1-22-18(21)13-16(20)12-17(14-8-4-2-5-9-14)19-15-10-6-3-7-11-15/h2-11,17,19H,12-13H2,1H3. The van der Waals surface area contributed by atoms with Gasteiger partial charge in [-0.2, -0.15) is 0 Å². The van der Waals surface area contributed by atoms with Gasteiger partial charge >= 0.3 is 5.97 Å². The number of carbonyl (C=O) groups excluding carboxylic acids is 2. The Hall–Kier alpha value is -2.62. The van der Waals surface area contributed by atoms with Gasteiger partial charge in [0.05, 0.1) is 13.2 Å². The molecule has 2 aromatic carbocycles. The molecular weight excluding hydrogens is 278 g/mol. The second-order valence-corrected chi connectivity index (χ2v) is 4.97. The maximum absolute atomic E-state index is 12.0. The minimum atomic E-state index is -0.503. The smallest absolute Gasteiger partial charge is 0.313 e. The number of Topliss-reactive ketones (excluding diaryl/α,β-unsaturated/α-hetero) is 1. The second kappa shape index (κ2) is 7.98. The number of para-hydroxylation sites is 1. The fraction of sp³-hybridized carbons (Fsp3) is 0.222. The first-order chi connectivity index (χ1) is 10.7. The lowest BCUT2D eigenvalue weighted by atomic mass is 9.99. The topological polar surface area (TPSA) is 55.4 Å². The molecule has 0 saturated heterocycles. The molecule has 0 radical (unpaired) electrons. The monoisotopic (exact) mass is 297 g/mol. The van der Waals surface area contributed by atoms with E-state index in [-0.39, 0.29) is 24.7 Å². The number of anilines is 1. The number of methoxy groups -OCH3 is 1. The van der Waals surface area contributed by atoms with Crippen LogP contribution in [0.1, 0.15) is 24.4 Å². The van der Waals surface area contributed by atoms with Gasteiger partial charge in [-0.05, 0) is 17.7 Å². The molecule has 0 aromatic heterocycles. The zero-order valence-corrected chi connectivity index (χ0v) is 12.5. The Labute approximate surface area is 130 Å². The Morgan fingerprint density at radius 3 is 2.18 bits per heavy atom. The summed E-state index contributed by atoms with van der Waals surface area (Å²) in [6.45, 7) is 0. The fourth-order valence-electron chi connectivity index (χ4n) is 2.21. The van der Waals surface area contributed by atoms with Gasteiger partial charge in [0, 0.05) is 12.1 Å². The molecule has 0 aliphatic rings. The average molecular weight is 297 g/mol. The van der Waals surface area contributed by atoms with Crippen molar-refractivity contribution >= 4 is 17.4 Å². The van der Waals surface area contributed by atoms with Crippen LogP contribution >= 0.6 is 0 Å². The molecule has 114 valence electrons.